The third kappa shape index (κ3) is 3.43. The van der Waals surface area contributed by atoms with Gasteiger partial charge in [-0.05, 0) is 12.1 Å². The van der Waals surface area contributed by atoms with Gasteiger partial charge in [0.25, 0.3) is 0 Å². The summed E-state index contributed by atoms with van der Waals surface area (Å²) in [6.07, 6.45) is 0. The Morgan fingerprint density at radius 3 is 2.15 bits per heavy atom. The van der Waals surface area contributed by atoms with Gasteiger partial charge in [0.2, 0.25) is 5.91 Å². The molecular formula is C8H8Cl3NO. The summed E-state index contributed by atoms with van der Waals surface area (Å²) in [6, 6.07) is 5.05. The Morgan fingerprint density at radius 1 is 1.31 bits per heavy atom. The molecule has 0 aliphatic carbocycles. The van der Waals surface area contributed by atoms with E-state index in [4.69, 9.17) is 23.2 Å². The largest absolute Gasteiger partial charge is 0.324 e. The van der Waals surface area contributed by atoms with Gasteiger partial charge < -0.3 is 5.32 Å². The van der Waals surface area contributed by atoms with Crippen molar-refractivity contribution in [1.29, 1.82) is 0 Å². The van der Waals surface area contributed by atoms with Crippen LogP contribution in [0, 0.1) is 0 Å². The van der Waals surface area contributed by atoms with E-state index in [9.17, 15) is 4.79 Å². The zero-order valence-electron chi connectivity index (χ0n) is 6.80. The van der Waals surface area contributed by atoms with Gasteiger partial charge in [0.1, 0.15) is 0 Å². The van der Waals surface area contributed by atoms with Crippen molar-refractivity contribution < 1.29 is 4.79 Å². The maximum atomic E-state index is 10.7. The molecule has 0 saturated heterocycles. The van der Waals surface area contributed by atoms with Crippen LogP contribution in [0.25, 0.3) is 0 Å². The van der Waals surface area contributed by atoms with Crippen LogP contribution in [0.5, 0.6) is 0 Å². The number of hydrogen-bond donors (Lipinski definition) is 1. The Balaban J connectivity index is 0.00000144. The lowest BCUT2D eigenvalue weighted by Gasteiger charge is -2.05. The lowest BCUT2D eigenvalue weighted by molar-refractivity contribution is -0.114. The van der Waals surface area contributed by atoms with Crippen LogP contribution in [-0.2, 0) is 4.79 Å². The van der Waals surface area contributed by atoms with E-state index < -0.39 is 0 Å². The van der Waals surface area contributed by atoms with Gasteiger partial charge in [-0.3, -0.25) is 4.79 Å². The summed E-state index contributed by atoms with van der Waals surface area (Å²) < 4.78 is 0. The Morgan fingerprint density at radius 2 is 1.77 bits per heavy atom. The number of hydrogen-bond acceptors (Lipinski definition) is 1. The van der Waals surface area contributed by atoms with Crippen LogP contribution in [0.15, 0.2) is 18.2 Å². The predicted octanol–water partition coefficient (Wildman–Crippen LogP) is 3.37. The van der Waals surface area contributed by atoms with E-state index in [2.05, 4.69) is 5.32 Å². The minimum absolute atomic E-state index is 0. The summed E-state index contributed by atoms with van der Waals surface area (Å²) in [6.45, 7) is 1.40. The Bertz CT molecular complexity index is 294. The topological polar surface area (TPSA) is 29.1 Å². The summed E-state index contributed by atoms with van der Waals surface area (Å²) in [5.41, 5.74) is 0.466. The monoisotopic (exact) mass is 239 g/mol. The molecule has 0 bridgehead atoms. The third-order valence-corrected chi connectivity index (χ3v) is 1.89. The Kier molecular flexibility index (Phi) is 5.14. The van der Waals surface area contributed by atoms with Gasteiger partial charge in [-0.15, -0.1) is 12.4 Å². The van der Waals surface area contributed by atoms with Crippen molar-refractivity contribution in [3.05, 3.63) is 28.2 Å². The standard InChI is InChI=1S/C8H7Cl2NO.ClH/c1-5(12)11-8-6(9)3-2-4-7(8)10;/h2-4H,1H3,(H,11,12);1H. The van der Waals surface area contributed by atoms with Gasteiger partial charge in [0.05, 0.1) is 15.7 Å². The number of benzene rings is 1. The van der Waals surface area contributed by atoms with E-state index in [1.165, 1.54) is 6.92 Å². The maximum Gasteiger partial charge on any atom is 0.221 e. The molecule has 1 aromatic carbocycles. The second-order valence-electron chi connectivity index (χ2n) is 2.28. The van der Waals surface area contributed by atoms with Crippen molar-refractivity contribution in [2.75, 3.05) is 5.32 Å². The minimum Gasteiger partial charge on any atom is -0.324 e. The smallest absolute Gasteiger partial charge is 0.221 e. The van der Waals surface area contributed by atoms with Crippen LogP contribution in [0.2, 0.25) is 10.0 Å². The number of halogens is 3. The normalized spacial score (nSPS) is 8.85. The van der Waals surface area contributed by atoms with Gasteiger partial charge in [0.15, 0.2) is 0 Å². The number of carbonyl (C=O) groups excluding carboxylic acids is 1. The molecule has 2 nitrogen and oxygen atoms in total. The molecule has 0 spiro atoms. The molecular weight excluding hydrogens is 232 g/mol. The molecule has 0 aromatic heterocycles. The van der Waals surface area contributed by atoms with Gasteiger partial charge >= 0.3 is 0 Å². The number of anilines is 1. The van der Waals surface area contributed by atoms with Crippen LogP contribution < -0.4 is 5.32 Å². The van der Waals surface area contributed by atoms with Crippen molar-refractivity contribution >= 4 is 47.2 Å². The molecule has 0 heterocycles. The van der Waals surface area contributed by atoms with Crippen LogP contribution >= 0.6 is 35.6 Å². The summed E-state index contributed by atoms with van der Waals surface area (Å²) >= 11 is 11.5. The third-order valence-electron chi connectivity index (χ3n) is 1.26. The van der Waals surface area contributed by atoms with E-state index in [1.807, 2.05) is 0 Å². The van der Waals surface area contributed by atoms with Gasteiger partial charge in [-0.2, -0.15) is 0 Å². The van der Waals surface area contributed by atoms with Crippen LogP contribution in [0.3, 0.4) is 0 Å². The number of para-hydroxylation sites is 1. The highest BCUT2D eigenvalue weighted by Gasteiger charge is 2.05. The SMILES string of the molecule is CC(=O)Nc1c(Cl)cccc1Cl.Cl. The molecule has 0 aliphatic heterocycles. The molecule has 0 unspecified atom stereocenters. The molecule has 1 aromatic rings. The van der Waals surface area contributed by atoms with Gasteiger partial charge in [-0.25, -0.2) is 0 Å². The average molecular weight is 241 g/mol. The summed E-state index contributed by atoms with van der Waals surface area (Å²) in [7, 11) is 0. The summed E-state index contributed by atoms with van der Waals surface area (Å²) in [5.74, 6) is -0.190. The van der Waals surface area contributed by atoms with E-state index in [0.717, 1.165) is 0 Å². The molecule has 0 saturated carbocycles. The van der Waals surface area contributed by atoms with E-state index in [0.29, 0.717) is 15.7 Å². The molecule has 1 amide bonds. The van der Waals surface area contributed by atoms with Crippen LogP contribution in [0.1, 0.15) is 6.92 Å². The van der Waals surface area contributed by atoms with Crippen LogP contribution in [0.4, 0.5) is 5.69 Å². The van der Waals surface area contributed by atoms with Crippen molar-refractivity contribution in [3.63, 3.8) is 0 Å². The zero-order valence-corrected chi connectivity index (χ0v) is 9.13. The van der Waals surface area contributed by atoms with Crippen LogP contribution in [-0.4, -0.2) is 5.91 Å². The molecule has 72 valence electrons. The van der Waals surface area contributed by atoms with E-state index in [1.54, 1.807) is 18.2 Å². The minimum atomic E-state index is -0.190. The van der Waals surface area contributed by atoms with E-state index >= 15 is 0 Å². The fourth-order valence-corrected chi connectivity index (χ4v) is 1.29. The second kappa shape index (κ2) is 5.32. The van der Waals surface area contributed by atoms with Crippen molar-refractivity contribution in [3.8, 4) is 0 Å². The number of rotatable bonds is 1. The first kappa shape index (κ1) is 12.6. The number of carbonyl (C=O) groups is 1. The molecule has 0 atom stereocenters. The first-order valence-electron chi connectivity index (χ1n) is 3.33. The molecule has 0 aliphatic rings. The second-order valence-corrected chi connectivity index (χ2v) is 3.09. The van der Waals surface area contributed by atoms with Gasteiger partial charge in [0, 0.05) is 6.92 Å². The molecule has 0 fully saturated rings. The molecule has 1 N–H and O–H groups in total. The fraction of sp³-hybridized carbons (Fsp3) is 0.125. The highest BCUT2D eigenvalue weighted by Crippen LogP contribution is 2.29. The molecule has 5 heteroatoms. The highest BCUT2D eigenvalue weighted by atomic mass is 35.5. The van der Waals surface area contributed by atoms with E-state index in [-0.39, 0.29) is 18.3 Å². The number of amides is 1. The fourth-order valence-electron chi connectivity index (χ4n) is 0.793. The summed E-state index contributed by atoms with van der Waals surface area (Å²) in [5, 5.41) is 3.42. The molecule has 0 radical (unpaired) electrons. The van der Waals surface area contributed by atoms with Crippen molar-refractivity contribution in [1.82, 2.24) is 0 Å². The first-order chi connectivity index (χ1) is 5.61. The van der Waals surface area contributed by atoms with Crippen molar-refractivity contribution in [2.45, 2.75) is 6.92 Å². The number of nitrogens with one attached hydrogen (secondary N) is 1. The zero-order chi connectivity index (χ0) is 9.14. The summed E-state index contributed by atoms with van der Waals surface area (Å²) in [4.78, 5) is 10.7. The first-order valence-corrected chi connectivity index (χ1v) is 4.08. The Hall–Kier alpha value is -0.440. The molecule has 1 rings (SSSR count). The van der Waals surface area contributed by atoms with Gasteiger partial charge in [-0.1, -0.05) is 29.3 Å². The van der Waals surface area contributed by atoms with Crippen molar-refractivity contribution in [2.24, 2.45) is 0 Å². The lowest BCUT2D eigenvalue weighted by atomic mass is 10.3. The Labute approximate surface area is 92.6 Å². The predicted molar refractivity (Wildman–Crippen MR) is 58.0 cm³/mol. The highest BCUT2D eigenvalue weighted by molar-refractivity contribution is 6.39. The molecule has 13 heavy (non-hydrogen) atoms. The average Bonchev–Trinajstić information content (AvgIpc) is 1.97. The quantitative estimate of drug-likeness (QED) is 0.801. The lowest BCUT2D eigenvalue weighted by Crippen LogP contribution is -2.06. The maximum absolute atomic E-state index is 10.7.